The molecule has 2 aromatic rings. The summed E-state index contributed by atoms with van der Waals surface area (Å²) in [6.45, 7) is 9.80. The molecular formula is C15H24N4. The van der Waals surface area contributed by atoms with Gasteiger partial charge in [0.1, 0.15) is 0 Å². The van der Waals surface area contributed by atoms with E-state index in [0.717, 1.165) is 37.0 Å². The van der Waals surface area contributed by atoms with Crippen LogP contribution in [0, 0.1) is 0 Å². The number of hydrogen-bond acceptors (Lipinski definition) is 3. The molecular weight excluding hydrogens is 236 g/mol. The van der Waals surface area contributed by atoms with Crippen LogP contribution in [-0.4, -0.2) is 33.8 Å². The first-order valence-corrected chi connectivity index (χ1v) is 7.12. The number of anilines is 1. The topological polar surface area (TPSA) is 47.1 Å². The molecule has 1 atom stereocenters. The maximum atomic E-state index is 5.95. The van der Waals surface area contributed by atoms with Crippen LogP contribution in [0.1, 0.15) is 27.2 Å². The molecule has 1 unspecified atom stereocenters. The first kappa shape index (κ1) is 13.9. The summed E-state index contributed by atoms with van der Waals surface area (Å²) in [5, 5.41) is 5.50. The highest BCUT2D eigenvalue weighted by Crippen LogP contribution is 2.20. The van der Waals surface area contributed by atoms with E-state index < -0.39 is 0 Å². The maximum Gasteiger partial charge on any atom is 0.153 e. The Morgan fingerprint density at radius 3 is 2.63 bits per heavy atom. The summed E-state index contributed by atoms with van der Waals surface area (Å²) in [5.41, 5.74) is 7.08. The second kappa shape index (κ2) is 6.06. The number of fused-ring (bicyclic) bond motifs is 1. The van der Waals surface area contributed by atoms with Gasteiger partial charge in [-0.3, -0.25) is 4.68 Å². The monoisotopic (exact) mass is 260 g/mol. The number of rotatable bonds is 6. The third kappa shape index (κ3) is 2.89. The Balaban J connectivity index is 2.10. The van der Waals surface area contributed by atoms with E-state index in [1.807, 2.05) is 22.9 Å². The molecule has 1 aromatic carbocycles. The molecule has 1 aromatic heterocycles. The molecule has 0 amide bonds. The fourth-order valence-electron chi connectivity index (χ4n) is 2.66. The average molecular weight is 260 g/mol. The maximum absolute atomic E-state index is 5.95. The van der Waals surface area contributed by atoms with Gasteiger partial charge in [0.15, 0.2) is 5.82 Å². The second-order valence-corrected chi connectivity index (χ2v) is 4.98. The number of nitrogens with zero attached hydrogens (tertiary/aromatic N) is 3. The van der Waals surface area contributed by atoms with Crippen molar-refractivity contribution in [2.45, 2.75) is 39.8 Å². The Kier molecular flexibility index (Phi) is 4.43. The standard InChI is InChI=1S/C15H24N4/c1-4-18(5-2)12(3)10-11-19-14-9-7-6-8-13(14)15(16)17-19/h6-9,12H,4-5,10-11H2,1-3H3,(H2,16,17). The quantitative estimate of drug-likeness (QED) is 0.868. The molecule has 0 saturated heterocycles. The van der Waals surface area contributed by atoms with Gasteiger partial charge in [-0.2, -0.15) is 5.10 Å². The number of aryl methyl sites for hydroxylation is 1. The summed E-state index contributed by atoms with van der Waals surface area (Å²) in [5.74, 6) is 0.631. The lowest BCUT2D eigenvalue weighted by Crippen LogP contribution is -2.33. The van der Waals surface area contributed by atoms with Gasteiger partial charge in [0.05, 0.1) is 5.52 Å². The predicted molar refractivity (Wildman–Crippen MR) is 81.1 cm³/mol. The van der Waals surface area contributed by atoms with Crippen molar-refractivity contribution in [3.8, 4) is 0 Å². The minimum absolute atomic E-state index is 0.569. The zero-order valence-electron chi connectivity index (χ0n) is 12.1. The fourth-order valence-corrected chi connectivity index (χ4v) is 2.66. The summed E-state index contributed by atoms with van der Waals surface area (Å²) in [6, 6.07) is 8.72. The molecule has 0 aliphatic rings. The average Bonchev–Trinajstić information content (AvgIpc) is 2.75. The largest absolute Gasteiger partial charge is 0.382 e. The van der Waals surface area contributed by atoms with E-state index >= 15 is 0 Å². The van der Waals surface area contributed by atoms with E-state index in [1.54, 1.807) is 0 Å². The van der Waals surface area contributed by atoms with Crippen molar-refractivity contribution in [3.63, 3.8) is 0 Å². The van der Waals surface area contributed by atoms with Crippen LogP contribution in [-0.2, 0) is 6.54 Å². The molecule has 0 bridgehead atoms. The van der Waals surface area contributed by atoms with Crippen molar-refractivity contribution < 1.29 is 0 Å². The second-order valence-electron chi connectivity index (χ2n) is 4.98. The van der Waals surface area contributed by atoms with Gasteiger partial charge >= 0.3 is 0 Å². The lowest BCUT2D eigenvalue weighted by atomic mass is 10.2. The Hall–Kier alpha value is -1.55. The van der Waals surface area contributed by atoms with Crippen LogP contribution in [0.3, 0.4) is 0 Å². The van der Waals surface area contributed by atoms with Crippen molar-refractivity contribution >= 4 is 16.7 Å². The van der Waals surface area contributed by atoms with E-state index in [-0.39, 0.29) is 0 Å². The SMILES string of the molecule is CCN(CC)C(C)CCn1nc(N)c2ccccc21. The number of aromatic nitrogens is 2. The van der Waals surface area contributed by atoms with Crippen molar-refractivity contribution in [1.82, 2.24) is 14.7 Å². The van der Waals surface area contributed by atoms with E-state index in [4.69, 9.17) is 5.73 Å². The smallest absolute Gasteiger partial charge is 0.153 e. The Morgan fingerprint density at radius 2 is 1.95 bits per heavy atom. The van der Waals surface area contributed by atoms with E-state index in [1.165, 1.54) is 0 Å². The Bertz CT molecular complexity index is 528. The molecule has 2 N–H and O–H groups in total. The lowest BCUT2D eigenvalue weighted by molar-refractivity contribution is 0.214. The summed E-state index contributed by atoms with van der Waals surface area (Å²) in [6.07, 6.45) is 1.09. The van der Waals surface area contributed by atoms with Gasteiger partial charge in [-0.15, -0.1) is 0 Å². The van der Waals surface area contributed by atoms with E-state index in [0.29, 0.717) is 11.9 Å². The minimum atomic E-state index is 0.569. The van der Waals surface area contributed by atoms with E-state index in [9.17, 15) is 0 Å². The van der Waals surface area contributed by atoms with Crippen LogP contribution in [0.4, 0.5) is 5.82 Å². The first-order chi connectivity index (χ1) is 9.17. The van der Waals surface area contributed by atoms with Gasteiger partial charge in [0.25, 0.3) is 0 Å². The first-order valence-electron chi connectivity index (χ1n) is 7.12. The van der Waals surface area contributed by atoms with Gasteiger partial charge in [0, 0.05) is 18.0 Å². The van der Waals surface area contributed by atoms with E-state index in [2.05, 4.69) is 36.8 Å². The van der Waals surface area contributed by atoms with Crippen LogP contribution in [0.15, 0.2) is 24.3 Å². The predicted octanol–water partition coefficient (Wildman–Crippen LogP) is 2.74. The summed E-state index contributed by atoms with van der Waals surface area (Å²) < 4.78 is 2.03. The summed E-state index contributed by atoms with van der Waals surface area (Å²) >= 11 is 0. The van der Waals surface area contributed by atoms with Gasteiger partial charge in [0.2, 0.25) is 0 Å². The third-order valence-corrected chi connectivity index (χ3v) is 3.88. The Morgan fingerprint density at radius 1 is 1.26 bits per heavy atom. The van der Waals surface area contributed by atoms with Crippen LogP contribution in [0.2, 0.25) is 0 Å². The van der Waals surface area contributed by atoms with Crippen LogP contribution in [0.25, 0.3) is 10.9 Å². The highest BCUT2D eigenvalue weighted by atomic mass is 15.3. The molecule has 0 radical (unpaired) electrons. The van der Waals surface area contributed by atoms with Crippen LogP contribution >= 0.6 is 0 Å². The van der Waals surface area contributed by atoms with Crippen LogP contribution < -0.4 is 5.73 Å². The zero-order valence-corrected chi connectivity index (χ0v) is 12.1. The number of benzene rings is 1. The molecule has 0 spiro atoms. The molecule has 2 rings (SSSR count). The summed E-state index contributed by atoms with van der Waals surface area (Å²) in [7, 11) is 0. The normalized spacial score (nSPS) is 13.3. The third-order valence-electron chi connectivity index (χ3n) is 3.88. The zero-order chi connectivity index (χ0) is 13.8. The number of nitrogen functional groups attached to an aromatic ring is 1. The lowest BCUT2D eigenvalue weighted by Gasteiger charge is -2.26. The molecule has 4 nitrogen and oxygen atoms in total. The molecule has 0 fully saturated rings. The Labute approximate surface area is 115 Å². The van der Waals surface area contributed by atoms with Crippen molar-refractivity contribution in [2.75, 3.05) is 18.8 Å². The minimum Gasteiger partial charge on any atom is -0.382 e. The van der Waals surface area contributed by atoms with Crippen molar-refractivity contribution in [1.29, 1.82) is 0 Å². The summed E-state index contributed by atoms with van der Waals surface area (Å²) in [4.78, 5) is 2.47. The van der Waals surface area contributed by atoms with Crippen molar-refractivity contribution in [2.24, 2.45) is 0 Å². The molecule has 0 aliphatic heterocycles. The molecule has 0 aliphatic carbocycles. The van der Waals surface area contributed by atoms with Gasteiger partial charge in [-0.25, -0.2) is 0 Å². The number of nitrogens with two attached hydrogens (primary N) is 1. The molecule has 104 valence electrons. The van der Waals surface area contributed by atoms with Crippen LogP contribution in [0.5, 0.6) is 0 Å². The van der Waals surface area contributed by atoms with Gasteiger partial charge in [-0.05, 0) is 38.6 Å². The van der Waals surface area contributed by atoms with Gasteiger partial charge in [-0.1, -0.05) is 26.0 Å². The fraction of sp³-hybridized carbons (Fsp3) is 0.533. The number of hydrogen-bond donors (Lipinski definition) is 1. The molecule has 0 saturated carbocycles. The van der Waals surface area contributed by atoms with Gasteiger partial charge < -0.3 is 10.6 Å². The number of para-hydroxylation sites is 1. The highest BCUT2D eigenvalue weighted by molar-refractivity contribution is 5.88. The highest BCUT2D eigenvalue weighted by Gasteiger charge is 2.12. The molecule has 1 heterocycles. The van der Waals surface area contributed by atoms with Crippen molar-refractivity contribution in [3.05, 3.63) is 24.3 Å². The molecule has 19 heavy (non-hydrogen) atoms. The molecule has 4 heteroatoms.